The third-order valence-corrected chi connectivity index (χ3v) is 1.97. The molecule has 4 heteroatoms. The largest absolute Gasteiger partial charge is 0.504 e. The Morgan fingerprint density at radius 1 is 1.60 bits per heavy atom. The van der Waals surface area contributed by atoms with E-state index >= 15 is 0 Å². The van der Waals surface area contributed by atoms with Crippen LogP contribution in [0.15, 0.2) is 18.2 Å². The van der Waals surface area contributed by atoms with E-state index in [0.717, 1.165) is 0 Å². The summed E-state index contributed by atoms with van der Waals surface area (Å²) in [5, 5.41) is 17.6. The minimum Gasteiger partial charge on any atom is -0.504 e. The Balaban J connectivity index is 2.87. The maximum atomic E-state index is 11.5. The molecule has 1 rings (SSSR count). The van der Waals surface area contributed by atoms with Crippen molar-refractivity contribution in [3.63, 3.8) is 0 Å². The number of rotatable bonds is 4. The zero-order valence-electron chi connectivity index (χ0n) is 8.36. The molecule has 15 heavy (non-hydrogen) atoms. The number of benzene rings is 1. The van der Waals surface area contributed by atoms with Gasteiger partial charge in [-0.3, -0.25) is 4.79 Å². The van der Waals surface area contributed by atoms with Crippen LogP contribution in [0.1, 0.15) is 23.2 Å². The molecule has 0 spiro atoms. The van der Waals surface area contributed by atoms with Gasteiger partial charge < -0.3 is 9.84 Å². The highest BCUT2D eigenvalue weighted by Crippen LogP contribution is 2.26. The average Bonchev–Trinajstić information content (AvgIpc) is 2.26. The minimum atomic E-state index is -0.130. The third-order valence-electron chi connectivity index (χ3n) is 1.97. The van der Waals surface area contributed by atoms with E-state index in [1.165, 1.54) is 25.3 Å². The molecule has 0 aliphatic heterocycles. The van der Waals surface area contributed by atoms with Crippen LogP contribution >= 0.6 is 0 Å². The average molecular weight is 205 g/mol. The molecule has 1 aromatic carbocycles. The van der Waals surface area contributed by atoms with Crippen LogP contribution in [0, 0.1) is 11.3 Å². The van der Waals surface area contributed by atoms with E-state index in [1.807, 2.05) is 6.07 Å². The first kappa shape index (κ1) is 11.1. The van der Waals surface area contributed by atoms with Gasteiger partial charge in [0.15, 0.2) is 17.3 Å². The fourth-order valence-corrected chi connectivity index (χ4v) is 1.16. The number of aromatic hydroxyl groups is 1. The lowest BCUT2D eigenvalue weighted by molar-refractivity contribution is 0.0984. The molecule has 0 amide bonds. The highest BCUT2D eigenvalue weighted by Gasteiger charge is 2.09. The van der Waals surface area contributed by atoms with Crippen molar-refractivity contribution < 1.29 is 14.6 Å². The van der Waals surface area contributed by atoms with Gasteiger partial charge in [0, 0.05) is 18.4 Å². The Morgan fingerprint density at radius 3 is 2.93 bits per heavy atom. The van der Waals surface area contributed by atoms with Crippen LogP contribution in [0.5, 0.6) is 11.5 Å². The first-order valence-corrected chi connectivity index (χ1v) is 4.46. The lowest BCUT2D eigenvalue weighted by atomic mass is 10.1. The number of phenols is 1. The van der Waals surface area contributed by atoms with Gasteiger partial charge in [0.05, 0.1) is 13.2 Å². The Morgan fingerprint density at radius 2 is 2.33 bits per heavy atom. The summed E-state index contributed by atoms with van der Waals surface area (Å²) < 4.78 is 4.87. The van der Waals surface area contributed by atoms with Crippen LogP contribution in [0.25, 0.3) is 0 Å². The molecular formula is C11H11NO3. The SMILES string of the molecule is COc1cc(C(=O)CCC#N)ccc1O. The fraction of sp³-hybridized carbons (Fsp3) is 0.273. The van der Waals surface area contributed by atoms with Crippen LogP contribution in [0.4, 0.5) is 0 Å². The fourth-order valence-electron chi connectivity index (χ4n) is 1.16. The molecule has 0 atom stereocenters. The number of ketones is 1. The summed E-state index contributed by atoms with van der Waals surface area (Å²) in [4.78, 5) is 11.5. The van der Waals surface area contributed by atoms with Gasteiger partial charge in [0.25, 0.3) is 0 Å². The van der Waals surface area contributed by atoms with E-state index in [4.69, 9.17) is 10.00 Å². The van der Waals surface area contributed by atoms with E-state index < -0.39 is 0 Å². The molecule has 0 radical (unpaired) electrons. The van der Waals surface area contributed by atoms with Crippen molar-refractivity contribution >= 4 is 5.78 Å². The maximum Gasteiger partial charge on any atom is 0.164 e. The third kappa shape index (κ3) is 2.71. The van der Waals surface area contributed by atoms with Gasteiger partial charge in [-0.25, -0.2) is 0 Å². The van der Waals surface area contributed by atoms with Gasteiger partial charge in [-0.2, -0.15) is 5.26 Å². The Bertz CT molecular complexity index is 407. The van der Waals surface area contributed by atoms with E-state index in [9.17, 15) is 9.90 Å². The second-order valence-electron chi connectivity index (χ2n) is 2.97. The summed E-state index contributed by atoms with van der Waals surface area (Å²) in [5.74, 6) is 0.127. The summed E-state index contributed by atoms with van der Waals surface area (Å²) >= 11 is 0. The molecule has 0 bridgehead atoms. The van der Waals surface area contributed by atoms with Gasteiger partial charge in [-0.05, 0) is 18.2 Å². The van der Waals surface area contributed by atoms with E-state index in [1.54, 1.807) is 0 Å². The van der Waals surface area contributed by atoms with Crippen molar-refractivity contribution in [2.45, 2.75) is 12.8 Å². The smallest absolute Gasteiger partial charge is 0.164 e. The van der Waals surface area contributed by atoms with Crippen LogP contribution in [0.3, 0.4) is 0 Å². The Hall–Kier alpha value is -2.02. The highest BCUT2D eigenvalue weighted by molar-refractivity contribution is 5.96. The lowest BCUT2D eigenvalue weighted by Crippen LogP contribution is -1.98. The number of phenolic OH excluding ortho intramolecular Hbond substituents is 1. The topological polar surface area (TPSA) is 70.3 Å². The molecular weight excluding hydrogens is 194 g/mol. The Kier molecular flexibility index (Phi) is 3.69. The molecule has 0 aliphatic carbocycles. The normalized spacial score (nSPS) is 9.33. The summed E-state index contributed by atoms with van der Waals surface area (Å²) in [7, 11) is 1.42. The quantitative estimate of drug-likeness (QED) is 0.762. The van der Waals surface area contributed by atoms with Gasteiger partial charge in [-0.1, -0.05) is 0 Å². The standard InChI is InChI=1S/C11H11NO3/c1-15-11-7-8(4-5-10(11)14)9(13)3-2-6-12/h4-5,7,14H,2-3H2,1H3. The van der Waals surface area contributed by atoms with Gasteiger partial charge in [0.1, 0.15) is 0 Å². The number of nitrogens with zero attached hydrogens (tertiary/aromatic N) is 1. The molecule has 0 aliphatic rings. The predicted octanol–water partition coefficient (Wildman–Crippen LogP) is 1.89. The minimum absolute atomic E-state index is 0.00525. The van der Waals surface area contributed by atoms with E-state index in [-0.39, 0.29) is 30.1 Å². The predicted molar refractivity (Wildman–Crippen MR) is 53.8 cm³/mol. The first-order chi connectivity index (χ1) is 7.19. The van der Waals surface area contributed by atoms with Gasteiger partial charge in [0.2, 0.25) is 0 Å². The molecule has 0 unspecified atom stereocenters. The zero-order valence-corrected chi connectivity index (χ0v) is 8.36. The summed E-state index contributed by atoms with van der Waals surface area (Å²) in [6.45, 7) is 0. The number of carbonyl (C=O) groups excluding carboxylic acids is 1. The number of hydrogen-bond donors (Lipinski definition) is 1. The molecule has 0 aromatic heterocycles. The monoisotopic (exact) mass is 205 g/mol. The van der Waals surface area contributed by atoms with Crippen molar-refractivity contribution in [3.8, 4) is 17.6 Å². The number of carbonyl (C=O) groups is 1. The highest BCUT2D eigenvalue weighted by atomic mass is 16.5. The molecule has 0 heterocycles. The van der Waals surface area contributed by atoms with E-state index in [0.29, 0.717) is 5.56 Å². The molecule has 0 saturated carbocycles. The van der Waals surface area contributed by atoms with Crippen LogP contribution < -0.4 is 4.74 Å². The van der Waals surface area contributed by atoms with Crippen molar-refractivity contribution in [3.05, 3.63) is 23.8 Å². The van der Waals surface area contributed by atoms with Crippen molar-refractivity contribution in [2.75, 3.05) is 7.11 Å². The van der Waals surface area contributed by atoms with Crippen LogP contribution in [-0.4, -0.2) is 18.0 Å². The van der Waals surface area contributed by atoms with E-state index in [2.05, 4.69) is 0 Å². The maximum absolute atomic E-state index is 11.5. The molecule has 0 saturated heterocycles. The number of nitriles is 1. The van der Waals surface area contributed by atoms with Crippen LogP contribution in [0.2, 0.25) is 0 Å². The first-order valence-electron chi connectivity index (χ1n) is 4.46. The van der Waals surface area contributed by atoms with Crippen LogP contribution in [-0.2, 0) is 0 Å². The molecule has 78 valence electrons. The zero-order chi connectivity index (χ0) is 11.3. The lowest BCUT2D eigenvalue weighted by Gasteiger charge is -2.04. The van der Waals surface area contributed by atoms with Crippen molar-refractivity contribution in [1.29, 1.82) is 5.26 Å². The number of hydrogen-bond acceptors (Lipinski definition) is 4. The summed E-state index contributed by atoms with van der Waals surface area (Å²) in [6.07, 6.45) is 0.381. The van der Waals surface area contributed by atoms with Gasteiger partial charge >= 0.3 is 0 Å². The van der Waals surface area contributed by atoms with Gasteiger partial charge in [-0.15, -0.1) is 0 Å². The van der Waals surface area contributed by atoms with Crippen molar-refractivity contribution in [2.24, 2.45) is 0 Å². The summed E-state index contributed by atoms with van der Waals surface area (Å²) in [5.41, 5.74) is 0.444. The summed E-state index contributed by atoms with van der Waals surface area (Å²) in [6, 6.07) is 6.29. The molecule has 4 nitrogen and oxygen atoms in total. The Labute approximate surface area is 87.7 Å². The molecule has 0 fully saturated rings. The molecule has 1 aromatic rings. The number of Topliss-reactive ketones (excluding diaryl/α,β-unsaturated/α-hetero) is 1. The number of ether oxygens (including phenoxy) is 1. The van der Waals surface area contributed by atoms with Crippen molar-refractivity contribution in [1.82, 2.24) is 0 Å². The second kappa shape index (κ2) is 5.01. The second-order valence-corrected chi connectivity index (χ2v) is 2.97. The number of methoxy groups -OCH3 is 1. The molecule has 1 N–H and O–H groups in total.